The third-order valence-corrected chi connectivity index (χ3v) is 5.36. The van der Waals surface area contributed by atoms with E-state index in [-0.39, 0.29) is 17.6 Å². The summed E-state index contributed by atoms with van der Waals surface area (Å²) >= 11 is 1.20. The van der Waals surface area contributed by atoms with Crippen molar-refractivity contribution in [2.24, 2.45) is 0 Å². The molecule has 26 heavy (non-hydrogen) atoms. The largest absolute Gasteiger partial charge is 0.462 e. The molecule has 0 amide bonds. The molecular weight excluding hydrogens is 355 g/mol. The standard InChI is InChI=1S/C19H15FN2O3S/c1-11-10-16(18(24)25-11)26-19-21-15-5-3-2-4-14(15)17(23)22(19)13-8-6-12(20)7-9-13/h2-9,11,16H,10H2,1H3/t11-,16+/m0/s1. The lowest BCUT2D eigenvalue weighted by atomic mass is 10.2. The van der Waals surface area contributed by atoms with Crippen LogP contribution in [0, 0.1) is 5.82 Å². The van der Waals surface area contributed by atoms with Crippen molar-refractivity contribution in [3.8, 4) is 5.69 Å². The first-order chi connectivity index (χ1) is 12.5. The molecule has 2 aromatic carbocycles. The zero-order valence-electron chi connectivity index (χ0n) is 13.9. The van der Waals surface area contributed by atoms with Crippen LogP contribution >= 0.6 is 11.8 Å². The molecule has 5 nitrogen and oxygen atoms in total. The summed E-state index contributed by atoms with van der Waals surface area (Å²) in [6.45, 7) is 1.83. The minimum atomic E-state index is -0.426. The normalized spacial score (nSPS) is 19.7. The average Bonchev–Trinajstić information content (AvgIpc) is 2.94. The van der Waals surface area contributed by atoms with Gasteiger partial charge < -0.3 is 4.74 Å². The molecule has 1 aromatic heterocycles. The van der Waals surface area contributed by atoms with E-state index in [0.29, 0.717) is 28.2 Å². The maximum Gasteiger partial charge on any atom is 0.319 e. The number of fused-ring (bicyclic) bond motifs is 1. The predicted octanol–water partition coefficient (Wildman–Crippen LogP) is 3.32. The molecule has 0 bridgehead atoms. The van der Waals surface area contributed by atoms with Crippen LogP contribution in [0.15, 0.2) is 58.5 Å². The molecule has 2 heterocycles. The van der Waals surface area contributed by atoms with Crippen molar-refractivity contribution in [3.05, 3.63) is 64.7 Å². The number of esters is 1. The topological polar surface area (TPSA) is 61.2 Å². The van der Waals surface area contributed by atoms with Gasteiger partial charge in [0.2, 0.25) is 0 Å². The van der Waals surface area contributed by atoms with Gasteiger partial charge in [0, 0.05) is 6.42 Å². The molecule has 2 atom stereocenters. The second-order valence-corrected chi connectivity index (χ2v) is 7.29. The molecule has 1 aliphatic rings. The van der Waals surface area contributed by atoms with Gasteiger partial charge in [-0.2, -0.15) is 0 Å². The van der Waals surface area contributed by atoms with Crippen molar-refractivity contribution in [3.63, 3.8) is 0 Å². The number of halogens is 1. The van der Waals surface area contributed by atoms with Crippen molar-refractivity contribution in [2.75, 3.05) is 0 Å². The van der Waals surface area contributed by atoms with Crippen molar-refractivity contribution < 1.29 is 13.9 Å². The lowest BCUT2D eigenvalue weighted by Crippen LogP contribution is -2.23. The van der Waals surface area contributed by atoms with Crippen molar-refractivity contribution in [1.29, 1.82) is 0 Å². The molecule has 0 unspecified atom stereocenters. The number of benzene rings is 2. The van der Waals surface area contributed by atoms with Crippen molar-refractivity contribution in [1.82, 2.24) is 9.55 Å². The maximum absolute atomic E-state index is 13.3. The van der Waals surface area contributed by atoms with E-state index in [0.717, 1.165) is 0 Å². The van der Waals surface area contributed by atoms with Crippen LogP contribution in [0.4, 0.5) is 4.39 Å². The number of nitrogens with zero attached hydrogens (tertiary/aromatic N) is 2. The summed E-state index contributed by atoms with van der Waals surface area (Å²) in [5, 5.41) is 0.421. The zero-order valence-corrected chi connectivity index (χ0v) is 14.7. The summed E-state index contributed by atoms with van der Waals surface area (Å²) in [6, 6.07) is 12.6. The summed E-state index contributed by atoms with van der Waals surface area (Å²) in [4.78, 5) is 29.7. The summed E-state index contributed by atoms with van der Waals surface area (Å²) < 4.78 is 19.9. The van der Waals surface area contributed by atoms with Crippen LogP contribution in [-0.4, -0.2) is 26.9 Å². The molecule has 3 aromatic rings. The highest BCUT2D eigenvalue weighted by Gasteiger charge is 2.34. The smallest absolute Gasteiger partial charge is 0.319 e. The first-order valence-corrected chi connectivity index (χ1v) is 9.06. The van der Waals surface area contributed by atoms with E-state index in [9.17, 15) is 14.0 Å². The highest BCUT2D eigenvalue weighted by atomic mass is 32.2. The maximum atomic E-state index is 13.3. The molecule has 7 heteroatoms. The van der Waals surface area contributed by atoms with Crippen LogP contribution in [0.3, 0.4) is 0 Å². The second kappa shape index (κ2) is 6.57. The van der Waals surface area contributed by atoms with Gasteiger partial charge in [-0.05, 0) is 43.3 Å². The highest BCUT2D eigenvalue weighted by Crippen LogP contribution is 2.32. The predicted molar refractivity (Wildman–Crippen MR) is 97.1 cm³/mol. The van der Waals surface area contributed by atoms with Gasteiger partial charge in [0.15, 0.2) is 5.16 Å². The Morgan fingerprint density at radius 3 is 2.58 bits per heavy atom. The van der Waals surface area contributed by atoms with Gasteiger partial charge in [0.05, 0.1) is 16.6 Å². The number of cyclic esters (lactones) is 1. The number of carbonyl (C=O) groups is 1. The SMILES string of the molecule is C[C@H]1C[C@@H](Sc2nc3ccccc3c(=O)n2-c2ccc(F)cc2)C(=O)O1. The minimum Gasteiger partial charge on any atom is -0.462 e. The summed E-state index contributed by atoms with van der Waals surface area (Å²) in [7, 11) is 0. The lowest BCUT2D eigenvalue weighted by Gasteiger charge is -2.14. The fourth-order valence-electron chi connectivity index (χ4n) is 2.95. The van der Waals surface area contributed by atoms with Gasteiger partial charge >= 0.3 is 5.97 Å². The third kappa shape index (κ3) is 2.99. The Hall–Kier alpha value is -2.67. The number of para-hydroxylation sites is 1. The van der Waals surface area contributed by atoms with Crippen molar-refractivity contribution >= 4 is 28.6 Å². The fourth-order valence-corrected chi connectivity index (χ4v) is 4.17. The van der Waals surface area contributed by atoms with E-state index < -0.39 is 11.1 Å². The molecule has 0 spiro atoms. The molecule has 4 rings (SSSR count). The van der Waals surface area contributed by atoms with Gasteiger partial charge in [-0.15, -0.1) is 0 Å². The Kier molecular flexibility index (Phi) is 4.24. The van der Waals surface area contributed by atoms with E-state index in [1.807, 2.05) is 6.92 Å². The van der Waals surface area contributed by atoms with E-state index in [2.05, 4.69) is 4.98 Å². The fraction of sp³-hybridized carbons (Fsp3) is 0.211. The van der Waals surface area contributed by atoms with Gasteiger partial charge in [0.1, 0.15) is 17.2 Å². The average molecular weight is 370 g/mol. The molecule has 1 aliphatic heterocycles. The van der Waals surface area contributed by atoms with Crippen LogP contribution in [0.25, 0.3) is 16.6 Å². The number of hydrogen-bond donors (Lipinski definition) is 0. The summed E-state index contributed by atoms with van der Waals surface area (Å²) in [5.41, 5.74) is 0.790. The van der Waals surface area contributed by atoms with Crippen LogP contribution < -0.4 is 5.56 Å². The Labute approximate surface area is 152 Å². The van der Waals surface area contributed by atoms with E-state index >= 15 is 0 Å². The summed E-state index contributed by atoms with van der Waals surface area (Å²) in [6.07, 6.45) is 0.391. The Bertz CT molecular complexity index is 1050. The number of aromatic nitrogens is 2. The molecule has 132 valence electrons. The van der Waals surface area contributed by atoms with Crippen LogP contribution in [0.5, 0.6) is 0 Å². The second-order valence-electron chi connectivity index (χ2n) is 6.12. The Balaban J connectivity index is 1.89. The van der Waals surface area contributed by atoms with Crippen molar-refractivity contribution in [2.45, 2.75) is 29.9 Å². The summed E-state index contributed by atoms with van der Waals surface area (Å²) in [5.74, 6) is -0.700. The van der Waals surface area contributed by atoms with E-state index in [1.165, 1.54) is 40.6 Å². The molecular formula is C19H15FN2O3S. The third-order valence-electron chi connectivity index (χ3n) is 4.20. The quantitative estimate of drug-likeness (QED) is 0.523. The molecule has 0 N–H and O–H groups in total. The van der Waals surface area contributed by atoms with Gasteiger partial charge in [-0.25, -0.2) is 9.37 Å². The van der Waals surface area contributed by atoms with Crippen LogP contribution in [-0.2, 0) is 9.53 Å². The van der Waals surface area contributed by atoms with E-state index in [1.54, 1.807) is 24.3 Å². The molecule has 0 radical (unpaired) electrons. The Morgan fingerprint density at radius 1 is 1.15 bits per heavy atom. The van der Waals surface area contributed by atoms with Crippen LogP contribution in [0.1, 0.15) is 13.3 Å². The molecule has 0 saturated carbocycles. The van der Waals surface area contributed by atoms with Gasteiger partial charge in [-0.1, -0.05) is 23.9 Å². The Morgan fingerprint density at radius 2 is 1.88 bits per heavy atom. The minimum absolute atomic E-state index is 0.161. The van der Waals surface area contributed by atoms with Gasteiger partial charge in [-0.3, -0.25) is 14.2 Å². The molecule has 0 aliphatic carbocycles. The number of ether oxygens (including phenoxy) is 1. The van der Waals surface area contributed by atoms with E-state index in [4.69, 9.17) is 4.74 Å². The lowest BCUT2D eigenvalue weighted by molar-refractivity contribution is -0.140. The number of rotatable bonds is 3. The number of thioether (sulfide) groups is 1. The monoisotopic (exact) mass is 370 g/mol. The number of hydrogen-bond acceptors (Lipinski definition) is 5. The first-order valence-electron chi connectivity index (χ1n) is 8.18. The number of carbonyl (C=O) groups excluding carboxylic acids is 1. The zero-order chi connectivity index (χ0) is 18.3. The first kappa shape index (κ1) is 16.8. The highest BCUT2D eigenvalue weighted by molar-refractivity contribution is 8.00. The molecule has 1 fully saturated rings. The van der Waals surface area contributed by atoms with Gasteiger partial charge in [0.25, 0.3) is 5.56 Å². The van der Waals surface area contributed by atoms with Crippen LogP contribution in [0.2, 0.25) is 0 Å². The molecule has 1 saturated heterocycles.